The second kappa shape index (κ2) is 4.90. The molecule has 0 aliphatic rings. The zero-order valence-corrected chi connectivity index (χ0v) is 11.3. The van der Waals surface area contributed by atoms with Crippen LogP contribution in [0.5, 0.6) is 0 Å². The van der Waals surface area contributed by atoms with Gasteiger partial charge in [-0.2, -0.15) is 5.10 Å². The van der Waals surface area contributed by atoms with Crippen LogP contribution in [0.25, 0.3) is 5.82 Å². The molecule has 6 heteroatoms. The molecule has 0 fully saturated rings. The van der Waals surface area contributed by atoms with Crippen molar-refractivity contribution >= 4 is 0 Å². The number of aliphatic hydroxyl groups excluding tert-OH is 1. The van der Waals surface area contributed by atoms with Crippen molar-refractivity contribution in [2.24, 2.45) is 7.05 Å². The third kappa shape index (κ3) is 2.10. The van der Waals surface area contributed by atoms with Crippen molar-refractivity contribution in [1.29, 1.82) is 0 Å². The predicted octanol–water partition coefficient (Wildman–Crippen LogP) is 1.39. The molecule has 0 saturated heterocycles. The first kappa shape index (κ1) is 12.6. The summed E-state index contributed by atoms with van der Waals surface area (Å²) in [4.78, 5) is 0. The Bertz CT molecular complexity index is 716. The number of benzene rings is 1. The minimum atomic E-state index is -0.825. The lowest BCUT2D eigenvalue weighted by atomic mass is 10.1. The standard InChI is InChI=1S/C14H15N5O/c1-10-8-12(18(2)17-10)19-9-15-16-14(19)13(20)11-6-4-3-5-7-11/h3-9,13,20H,1-2H3/t13-/m0/s1. The van der Waals surface area contributed by atoms with Gasteiger partial charge in [-0.05, 0) is 12.5 Å². The van der Waals surface area contributed by atoms with Crippen molar-refractivity contribution in [3.05, 3.63) is 59.8 Å². The lowest BCUT2D eigenvalue weighted by molar-refractivity contribution is 0.207. The molecule has 0 aliphatic heterocycles. The van der Waals surface area contributed by atoms with Crippen LogP contribution in [-0.2, 0) is 7.05 Å². The Morgan fingerprint density at radius 2 is 1.95 bits per heavy atom. The molecule has 0 unspecified atom stereocenters. The third-order valence-corrected chi connectivity index (χ3v) is 3.16. The fraction of sp³-hybridized carbons (Fsp3) is 0.214. The molecule has 102 valence electrons. The van der Waals surface area contributed by atoms with Crippen LogP contribution in [-0.4, -0.2) is 29.7 Å². The molecule has 1 atom stereocenters. The molecule has 0 saturated carbocycles. The van der Waals surface area contributed by atoms with Gasteiger partial charge < -0.3 is 5.11 Å². The summed E-state index contributed by atoms with van der Waals surface area (Å²) in [5, 5.41) is 22.7. The number of hydrogen-bond donors (Lipinski definition) is 1. The summed E-state index contributed by atoms with van der Waals surface area (Å²) in [6.45, 7) is 1.92. The lowest BCUT2D eigenvalue weighted by Crippen LogP contribution is -2.11. The third-order valence-electron chi connectivity index (χ3n) is 3.16. The van der Waals surface area contributed by atoms with Crippen molar-refractivity contribution in [2.75, 3.05) is 0 Å². The Labute approximate surface area is 116 Å². The first-order valence-electron chi connectivity index (χ1n) is 6.31. The normalized spacial score (nSPS) is 12.6. The van der Waals surface area contributed by atoms with Crippen LogP contribution in [0, 0.1) is 6.92 Å². The summed E-state index contributed by atoms with van der Waals surface area (Å²) in [5.74, 6) is 1.29. The van der Waals surface area contributed by atoms with Crippen molar-refractivity contribution < 1.29 is 5.11 Å². The second-order valence-electron chi connectivity index (χ2n) is 4.64. The second-order valence-corrected chi connectivity index (χ2v) is 4.64. The van der Waals surface area contributed by atoms with Gasteiger partial charge in [-0.1, -0.05) is 30.3 Å². The zero-order chi connectivity index (χ0) is 14.1. The SMILES string of the molecule is Cc1cc(-n2cnnc2[C@@H](O)c2ccccc2)n(C)n1. The van der Waals surface area contributed by atoms with Crippen molar-refractivity contribution in [3.63, 3.8) is 0 Å². The average Bonchev–Trinajstić information content (AvgIpc) is 3.05. The van der Waals surface area contributed by atoms with Gasteiger partial charge in [0, 0.05) is 13.1 Å². The van der Waals surface area contributed by atoms with Gasteiger partial charge in [-0.3, -0.25) is 9.25 Å². The van der Waals surface area contributed by atoms with Crippen LogP contribution in [0.4, 0.5) is 0 Å². The molecular formula is C14H15N5O. The number of aliphatic hydroxyl groups is 1. The van der Waals surface area contributed by atoms with Crippen molar-refractivity contribution in [3.8, 4) is 5.82 Å². The molecular weight excluding hydrogens is 254 g/mol. The van der Waals surface area contributed by atoms with Crippen LogP contribution in [0.15, 0.2) is 42.7 Å². The van der Waals surface area contributed by atoms with E-state index in [9.17, 15) is 5.11 Å². The quantitative estimate of drug-likeness (QED) is 0.780. The smallest absolute Gasteiger partial charge is 0.172 e. The van der Waals surface area contributed by atoms with E-state index >= 15 is 0 Å². The summed E-state index contributed by atoms with van der Waals surface area (Å²) >= 11 is 0. The van der Waals surface area contributed by atoms with E-state index in [1.54, 1.807) is 15.6 Å². The number of nitrogens with zero attached hydrogens (tertiary/aromatic N) is 5. The largest absolute Gasteiger partial charge is 0.380 e. The van der Waals surface area contributed by atoms with Crippen molar-refractivity contribution in [2.45, 2.75) is 13.0 Å². The Hall–Kier alpha value is -2.47. The zero-order valence-electron chi connectivity index (χ0n) is 11.3. The maximum atomic E-state index is 10.5. The lowest BCUT2D eigenvalue weighted by Gasteiger charge is -2.12. The molecule has 3 rings (SSSR count). The highest BCUT2D eigenvalue weighted by Crippen LogP contribution is 2.22. The van der Waals surface area contributed by atoms with Gasteiger partial charge in [0.15, 0.2) is 5.82 Å². The number of hydrogen-bond acceptors (Lipinski definition) is 4. The number of aromatic nitrogens is 5. The highest BCUT2D eigenvalue weighted by molar-refractivity contribution is 5.30. The van der Waals surface area contributed by atoms with Gasteiger partial charge in [0.25, 0.3) is 0 Å². The van der Waals surface area contributed by atoms with Crippen LogP contribution in [0.2, 0.25) is 0 Å². The molecule has 3 aromatic rings. The predicted molar refractivity (Wildman–Crippen MR) is 73.4 cm³/mol. The highest BCUT2D eigenvalue weighted by Gasteiger charge is 2.19. The molecule has 2 aromatic heterocycles. The van der Waals surface area contributed by atoms with Gasteiger partial charge in [-0.25, -0.2) is 0 Å². The first-order valence-corrected chi connectivity index (χ1v) is 6.31. The number of aryl methyl sites for hydroxylation is 2. The van der Waals surface area contributed by atoms with E-state index in [0.29, 0.717) is 5.82 Å². The molecule has 2 heterocycles. The van der Waals surface area contributed by atoms with Crippen LogP contribution < -0.4 is 0 Å². The Morgan fingerprint density at radius 3 is 2.60 bits per heavy atom. The maximum absolute atomic E-state index is 10.5. The first-order chi connectivity index (χ1) is 9.66. The Balaban J connectivity index is 2.05. The Morgan fingerprint density at radius 1 is 1.20 bits per heavy atom. The summed E-state index contributed by atoms with van der Waals surface area (Å²) in [7, 11) is 1.85. The van der Waals surface area contributed by atoms with E-state index in [2.05, 4.69) is 15.3 Å². The molecule has 1 aromatic carbocycles. The molecule has 6 nitrogen and oxygen atoms in total. The summed E-state index contributed by atoms with van der Waals surface area (Å²) in [6, 6.07) is 11.3. The molecule has 0 amide bonds. The van der Waals surface area contributed by atoms with Gasteiger partial charge >= 0.3 is 0 Å². The maximum Gasteiger partial charge on any atom is 0.172 e. The molecule has 0 spiro atoms. The van der Waals surface area contributed by atoms with E-state index < -0.39 is 6.10 Å². The molecule has 0 radical (unpaired) electrons. The number of rotatable bonds is 3. The summed E-state index contributed by atoms with van der Waals surface area (Å²) in [6.07, 6.45) is 0.756. The summed E-state index contributed by atoms with van der Waals surface area (Å²) < 4.78 is 3.48. The van der Waals surface area contributed by atoms with Gasteiger partial charge in [-0.15, -0.1) is 10.2 Å². The van der Waals surface area contributed by atoms with Crippen LogP contribution >= 0.6 is 0 Å². The molecule has 0 aliphatic carbocycles. The van der Waals surface area contributed by atoms with Gasteiger partial charge in [0.05, 0.1) is 5.69 Å². The Kier molecular flexibility index (Phi) is 3.08. The molecule has 0 bridgehead atoms. The summed E-state index contributed by atoms with van der Waals surface area (Å²) in [5.41, 5.74) is 1.68. The van der Waals surface area contributed by atoms with E-state index in [-0.39, 0.29) is 0 Å². The van der Waals surface area contributed by atoms with Crippen molar-refractivity contribution in [1.82, 2.24) is 24.5 Å². The topological polar surface area (TPSA) is 68.8 Å². The van der Waals surface area contributed by atoms with Crippen LogP contribution in [0.1, 0.15) is 23.2 Å². The van der Waals surface area contributed by atoms with Crippen LogP contribution in [0.3, 0.4) is 0 Å². The molecule has 1 N–H and O–H groups in total. The van der Waals surface area contributed by atoms with E-state index in [1.165, 1.54) is 0 Å². The van der Waals surface area contributed by atoms with E-state index in [0.717, 1.165) is 17.1 Å². The average molecular weight is 269 g/mol. The fourth-order valence-corrected chi connectivity index (χ4v) is 2.21. The fourth-order valence-electron chi connectivity index (χ4n) is 2.21. The minimum Gasteiger partial charge on any atom is -0.380 e. The van der Waals surface area contributed by atoms with Gasteiger partial charge in [0.2, 0.25) is 0 Å². The van der Waals surface area contributed by atoms with Gasteiger partial charge in [0.1, 0.15) is 18.2 Å². The minimum absolute atomic E-state index is 0.471. The highest BCUT2D eigenvalue weighted by atomic mass is 16.3. The van der Waals surface area contributed by atoms with E-state index in [1.807, 2.05) is 50.4 Å². The monoisotopic (exact) mass is 269 g/mol. The van der Waals surface area contributed by atoms with E-state index in [4.69, 9.17) is 0 Å². The molecule has 20 heavy (non-hydrogen) atoms.